The first-order valence-electron chi connectivity index (χ1n) is 11.6. The van der Waals surface area contributed by atoms with Crippen molar-refractivity contribution in [1.29, 1.82) is 0 Å². The summed E-state index contributed by atoms with van der Waals surface area (Å²) in [5, 5.41) is 5.66. The Hall–Kier alpha value is -3.92. The van der Waals surface area contributed by atoms with E-state index in [1.54, 1.807) is 30.3 Å². The zero-order valence-electron chi connectivity index (χ0n) is 19.2. The van der Waals surface area contributed by atoms with Crippen molar-refractivity contribution in [3.05, 3.63) is 59.2 Å². The fourth-order valence-electron chi connectivity index (χ4n) is 4.26. The summed E-state index contributed by atoms with van der Waals surface area (Å²) in [6, 6.07) is 11.6. The van der Waals surface area contributed by atoms with Gasteiger partial charge in [-0.25, -0.2) is 0 Å². The Kier molecular flexibility index (Phi) is 7.61. The van der Waals surface area contributed by atoms with E-state index in [1.165, 1.54) is 4.90 Å². The van der Waals surface area contributed by atoms with E-state index in [4.69, 9.17) is 15.2 Å². The summed E-state index contributed by atoms with van der Waals surface area (Å²) in [6.45, 7) is 2.12. The molecule has 2 aliphatic heterocycles. The van der Waals surface area contributed by atoms with Gasteiger partial charge in [0.05, 0.1) is 12.2 Å². The Morgan fingerprint density at radius 2 is 1.91 bits per heavy atom. The topological polar surface area (TPSA) is 140 Å². The molecule has 1 saturated heterocycles. The third-order valence-electron chi connectivity index (χ3n) is 6.00. The van der Waals surface area contributed by atoms with Gasteiger partial charge in [-0.3, -0.25) is 24.5 Å². The molecule has 0 aliphatic carbocycles. The minimum absolute atomic E-state index is 0.195. The zero-order chi connectivity index (χ0) is 24.8. The molecule has 2 aliphatic rings. The smallest absolute Gasteiger partial charge is 0.255 e. The van der Waals surface area contributed by atoms with Crippen molar-refractivity contribution >= 4 is 29.3 Å². The predicted molar refractivity (Wildman–Crippen MR) is 127 cm³/mol. The summed E-state index contributed by atoms with van der Waals surface area (Å²) < 4.78 is 11.2. The number of carbonyl (C=O) groups excluding carboxylic acids is 4. The summed E-state index contributed by atoms with van der Waals surface area (Å²) in [5.41, 5.74) is 7.94. The van der Waals surface area contributed by atoms with E-state index in [0.717, 1.165) is 17.7 Å². The van der Waals surface area contributed by atoms with Crippen LogP contribution in [0.1, 0.15) is 45.5 Å². The molecule has 35 heavy (non-hydrogen) atoms. The normalized spacial score (nSPS) is 17.2. The van der Waals surface area contributed by atoms with E-state index in [0.29, 0.717) is 56.2 Å². The number of imide groups is 1. The van der Waals surface area contributed by atoms with E-state index >= 15 is 0 Å². The average Bonchev–Trinajstić information content (AvgIpc) is 3.18. The number of nitrogens with two attached hydrogens (primary N) is 1. The number of fused-ring (bicyclic) bond motifs is 1. The molecule has 2 heterocycles. The second kappa shape index (κ2) is 11.0. The summed E-state index contributed by atoms with van der Waals surface area (Å²) in [5.74, 6) is -1.02. The van der Waals surface area contributed by atoms with Gasteiger partial charge in [0.2, 0.25) is 11.8 Å². The Balaban J connectivity index is 1.20. The lowest BCUT2D eigenvalue weighted by atomic mass is 10.0. The van der Waals surface area contributed by atoms with Gasteiger partial charge in [-0.15, -0.1) is 0 Å². The van der Waals surface area contributed by atoms with Crippen LogP contribution in [-0.2, 0) is 20.9 Å². The van der Waals surface area contributed by atoms with Gasteiger partial charge in [-0.1, -0.05) is 18.2 Å². The minimum Gasteiger partial charge on any atom is -0.490 e. The van der Waals surface area contributed by atoms with Crippen LogP contribution in [0.25, 0.3) is 0 Å². The highest BCUT2D eigenvalue weighted by Crippen LogP contribution is 2.32. The molecular formula is C25H28N4O6. The molecule has 0 radical (unpaired) electrons. The van der Waals surface area contributed by atoms with Crippen LogP contribution in [-0.4, -0.2) is 60.9 Å². The molecular weight excluding hydrogens is 452 g/mol. The van der Waals surface area contributed by atoms with E-state index in [-0.39, 0.29) is 18.2 Å². The van der Waals surface area contributed by atoms with E-state index in [9.17, 15) is 19.2 Å². The van der Waals surface area contributed by atoms with Crippen LogP contribution in [0.3, 0.4) is 0 Å². The Morgan fingerprint density at radius 1 is 1.09 bits per heavy atom. The maximum Gasteiger partial charge on any atom is 0.255 e. The molecule has 0 bridgehead atoms. The lowest BCUT2D eigenvalue weighted by Gasteiger charge is -2.29. The summed E-state index contributed by atoms with van der Waals surface area (Å²) in [6.07, 6.45) is 1.29. The molecule has 2 aromatic rings. The maximum absolute atomic E-state index is 12.9. The minimum atomic E-state index is -0.633. The molecule has 10 nitrogen and oxygen atoms in total. The Morgan fingerprint density at radius 3 is 2.71 bits per heavy atom. The maximum atomic E-state index is 12.9. The molecule has 1 unspecified atom stereocenters. The number of primary amides is 1. The van der Waals surface area contributed by atoms with Crippen molar-refractivity contribution in [2.75, 3.05) is 31.7 Å². The predicted octanol–water partition coefficient (Wildman–Crippen LogP) is 1.44. The monoisotopic (exact) mass is 480 g/mol. The second-order valence-corrected chi connectivity index (χ2v) is 8.33. The third-order valence-corrected chi connectivity index (χ3v) is 6.00. The molecule has 0 aromatic heterocycles. The number of ether oxygens (including phenoxy) is 2. The number of para-hydroxylation sites is 1. The molecule has 0 saturated carbocycles. The summed E-state index contributed by atoms with van der Waals surface area (Å²) in [4.78, 5) is 49.5. The average molecular weight is 481 g/mol. The molecule has 1 fully saturated rings. The van der Waals surface area contributed by atoms with Crippen LogP contribution < -0.4 is 21.1 Å². The van der Waals surface area contributed by atoms with Crippen LogP contribution in [0.15, 0.2) is 42.5 Å². The Bertz CT molecular complexity index is 1130. The van der Waals surface area contributed by atoms with Crippen molar-refractivity contribution in [2.24, 2.45) is 5.73 Å². The van der Waals surface area contributed by atoms with E-state index < -0.39 is 17.9 Å². The van der Waals surface area contributed by atoms with Gasteiger partial charge in [0.1, 0.15) is 18.4 Å². The first-order chi connectivity index (χ1) is 17.0. The van der Waals surface area contributed by atoms with Crippen molar-refractivity contribution in [2.45, 2.75) is 31.8 Å². The van der Waals surface area contributed by atoms with Gasteiger partial charge in [0.15, 0.2) is 0 Å². The number of benzene rings is 2. The first-order valence-corrected chi connectivity index (χ1v) is 11.6. The van der Waals surface area contributed by atoms with E-state index in [1.807, 2.05) is 12.1 Å². The third kappa shape index (κ3) is 5.60. The van der Waals surface area contributed by atoms with Crippen molar-refractivity contribution in [1.82, 2.24) is 10.2 Å². The van der Waals surface area contributed by atoms with Gasteiger partial charge in [-0.2, -0.15) is 0 Å². The molecule has 1 atom stereocenters. The molecule has 0 spiro atoms. The van der Waals surface area contributed by atoms with Gasteiger partial charge in [0.25, 0.3) is 11.8 Å². The number of rotatable bonds is 11. The number of hydrogen-bond donors (Lipinski definition) is 3. The molecule has 4 N–H and O–H groups in total. The summed E-state index contributed by atoms with van der Waals surface area (Å²) >= 11 is 0. The van der Waals surface area contributed by atoms with Gasteiger partial charge < -0.3 is 25.4 Å². The first kappa shape index (κ1) is 24.2. The fourth-order valence-corrected chi connectivity index (χ4v) is 4.26. The number of anilines is 1. The highest BCUT2D eigenvalue weighted by Gasteiger charge is 2.39. The fraction of sp³-hybridized carbons (Fsp3) is 0.360. The SMILES string of the molecule is NC(=O)c1ccccc1OCCOCCCNc1cccc2c1CN(C1CCC(=O)NC1=O)C2=O. The number of carbonyl (C=O) groups is 4. The lowest BCUT2D eigenvalue weighted by Crippen LogP contribution is -2.52. The highest BCUT2D eigenvalue weighted by molar-refractivity contribution is 6.06. The van der Waals surface area contributed by atoms with Crippen LogP contribution >= 0.6 is 0 Å². The van der Waals surface area contributed by atoms with Crippen molar-refractivity contribution < 1.29 is 28.7 Å². The van der Waals surface area contributed by atoms with Crippen LogP contribution in [0.4, 0.5) is 5.69 Å². The molecule has 2 aromatic carbocycles. The van der Waals surface area contributed by atoms with Gasteiger partial charge >= 0.3 is 0 Å². The zero-order valence-corrected chi connectivity index (χ0v) is 19.2. The second-order valence-electron chi connectivity index (χ2n) is 8.33. The van der Waals surface area contributed by atoms with Crippen LogP contribution in [0.2, 0.25) is 0 Å². The molecule has 184 valence electrons. The van der Waals surface area contributed by atoms with E-state index in [2.05, 4.69) is 10.6 Å². The largest absolute Gasteiger partial charge is 0.490 e. The van der Waals surface area contributed by atoms with Crippen LogP contribution in [0, 0.1) is 0 Å². The standard InChI is InChI=1S/C25H28N4O6/c26-23(31)17-5-1-2-8-21(17)35-14-13-34-12-4-11-27-19-7-3-6-16-18(19)15-29(25(16)33)20-9-10-22(30)28-24(20)32/h1-3,5-8,20,27H,4,9-15H2,(H2,26,31)(H,28,30,32). The molecule has 4 amide bonds. The molecule has 10 heteroatoms. The molecule has 4 rings (SSSR count). The number of piperidine rings is 1. The highest BCUT2D eigenvalue weighted by atomic mass is 16.5. The number of nitrogens with zero attached hydrogens (tertiary/aromatic N) is 1. The number of nitrogens with one attached hydrogen (secondary N) is 2. The Labute approximate surface area is 202 Å². The van der Waals surface area contributed by atoms with Crippen molar-refractivity contribution in [3.63, 3.8) is 0 Å². The number of hydrogen-bond acceptors (Lipinski definition) is 7. The summed E-state index contributed by atoms with van der Waals surface area (Å²) in [7, 11) is 0. The van der Waals surface area contributed by atoms with Gasteiger partial charge in [-0.05, 0) is 37.1 Å². The van der Waals surface area contributed by atoms with Crippen LogP contribution in [0.5, 0.6) is 5.75 Å². The van der Waals surface area contributed by atoms with Crippen molar-refractivity contribution in [3.8, 4) is 5.75 Å². The van der Waals surface area contributed by atoms with Gasteiger partial charge in [0, 0.05) is 42.9 Å². The number of amides is 4. The quantitative estimate of drug-likeness (QED) is 0.327. The lowest BCUT2D eigenvalue weighted by molar-refractivity contribution is -0.136.